The van der Waals surface area contributed by atoms with Crippen LogP contribution in [0.3, 0.4) is 0 Å². The van der Waals surface area contributed by atoms with Gasteiger partial charge in [-0.3, -0.25) is 14.5 Å². The minimum Gasteiger partial charge on any atom is -0.339 e. The van der Waals surface area contributed by atoms with Gasteiger partial charge >= 0.3 is 0 Å². The smallest absolute Gasteiger partial charge is 0.239 e. The number of hydrogen-bond donors (Lipinski definition) is 0. The fraction of sp³-hybridized carbons (Fsp3) is 0.538. The molecule has 0 N–H and O–H groups in total. The number of piperazine rings is 1. The van der Waals surface area contributed by atoms with Gasteiger partial charge in [0.25, 0.3) is 0 Å². The van der Waals surface area contributed by atoms with Gasteiger partial charge < -0.3 is 9.80 Å². The number of hydrogen-bond acceptors (Lipinski definition) is 4. The molecule has 0 radical (unpaired) electrons. The molecule has 0 spiro atoms. The van der Waals surface area contributed by atoms with Gasteiger partial charge in [-0.25, -0.2) is 0 Å². The Morgan fingerprint density at radius 1 is 1.00 bits per heavy atom. The van der Waals surface area contributed by atoms with Crippen LogP contribution in [0, 0.1) is 5.41 Å². The van der Waals surface area contributed by atoms with Crippen molar-refractivity contribution in [2.24, 2.45) is 5.41 Å². The van der Waals surface area contributed by atoms with E-state index in [1.807, 2.05) is 34.1 Å². The Hall–Kier alpha value is -2.18. The second-order valence-corrected chi connectivity index (χ2v) is 11.2. The van der Waals surface area contributed by atoms with Crippen molar-refractivity contribution in [1.82, 2.24) is 14.7 Å². The standard InChI is InChI=1S/C26H35N3O2S/c1-19(25(31)28-15-13-27(14-16-28)23(30)18-26(2,3)4)29-12-10-22-21(11-17-32-22)24(29)20-8-6-5-7-9-20/h5-9,11,17,19,24H,10,12-16,18H2,1-4H3. The molecule has 3 heterocycles. The number of carbonyl (C=O) groups is 2. The van der Waals surface area contributed by atoms with Gasteiger partial charge in [0, 0.05) is 44.0 Å². The van der Waals surface area contributed by atoms with Crippen LogP contribution >= 0.6 is 11.3 Å². The van der Waals surface area contributed by atoms with Gasteiger partial charge in [0.1, 0.15) is 0 Å². The van der Waals surface area contributed by atoms with E-state index in [1.165, 1.54) is 16.0 Å². The molecule has 5 nitrogen and oxygen atoms in total. The summed E-state index contributed by atoms with van der Waals surface area (Å²) in [5, 5.41) is 2.17. The molecular formula is C26H35N3O2S. The highest BCUT2D eigenvalue weighted by atomic mass is 32.1. The van der Waals surface area contributed by atoms with E-state index in [0.29, 0.717) is 32.6 Å². The third kappa shape index (κ3) is 4.91. The number of thiophene rings is 1. The fourth-order valence-electron chi connectivity index (χ4n) is 4.91. The van der Waals surface area contributed by atoms with Crippen LogP contribution in [0.25, 0.3) is 0 Å². The number of rotatable bonds is 4. The van der Waals surface area contributed by atoms with Crippen LogP contribution in [0.4, 0.5) is 0 Å². The van der Waals surface area contributed by atoms with E-state index >= 15 is 0 Å². The molecule has 2 aromatic rings. The lowest BCUT2D eigenvalue weighted by Crippen LogP contribution is -2.56. The molecule has 32 heavy (non-hydrogen) atoms. The van der Waals surface area contributed by atoms with Gasteiger partial charge in [-0.05, 0) is 41.3 Å². The van der Waals surface area contributed by atoms with Gasteiger partial charge in [0.05, 0.1) is 12.1 Å². The first-order valence-electron chi connectivity index (χ1n) is 11.7. The van der Waals surface area contributed by atoms with Crippen LogP contribution in [-0.2, 0) is 16.0 Å². The first-order valence-corrected chi connectivity index (χ1v) is 12.6. The summed E-state index contributed by atoms with van der Waals surface area (Å²) in [5.41, 5.74) is 2.56. The van der Waals surface area contributed by atoms with Crippen molar-refractivity contribution in [3.05, 3.63) is 57.8 Å². The van der Waals surface area contributed by atoms with E-state index in [2.05, 4.69) is 61.4 Å². The van der Waals surface area contributed by atoms with Crippen LogP contribution in [0.1, 0.15) is 56.2 Å². The largest absolute Gasteiger partial charge is 0.339 e. The monoisotopic (exact) mass is 453 g/mol. The molecule has 2 aliphatic heterocycles. The fourth-order valence-corrected chi connectivity index (χ4v) is 5.81. The molecule has 2 amide bonds. The normalized spacial score (nSPS) is 20.7. The molecule has 1 saturated heterocycles. The van der Waals surface area contributed by atoms with Crippen LogP contribution in [-0.4, -0.2) is 65.3 Å². The minimum absolute atomic E-state index is 0.0141. The summed E-state index contributed by atoms with van der Waals surface area (Å²) in [6.07, 6.45) is 1.54. The highest BCUT2D eigenvalue weighted by Crippen LogP contribution is 2.39. The number of amides is 2. The van der Waals surface area contributed by atoms with Crippen molar-refractivity contribution < 1.29 is 9.59 Å². The molecule has 6 heteroatoms. The second-order valence-electron chi connectivity index (χ2n) is 10.2. The summed E-state index contributed by atoms with van der Waals surface area (Å²) >= 11 is 1.82. The summed E-state index contributed by atoms with van der Waals surface area (Å²) in [7, 11) is 0. The lowest BCUT2D eigenvalue weighted by atomic mass is 9.91. The summed E-state index contributed by atoms with van der Waals surface area (Å²) in [6.45, 7) is 11.7. The van der Waals surface area contributed by atoms with Crippen LogP contribution in [0.2, 0.25) is 0 Å². The Morgan fingerprint density at radius 2 is 1.66 bits per heavy atom. The zero-order valence-corrected chi connectivity index (χ0v) is 20.5. The molecule has 4 rings (SSSR count). The molecular weight excluding hydrogens is 418 g/mol. The average Bonchev–Trinajstić information content (AvgIpc) is 3.26. The van der Waals surface area contributed by atoms with E-state index in [-0.39, 0.29) is 29.3 Å². The zero-order chi connectivity index (χ0) is 22.9. The lowest BCUT2D eigenvalue weighted by Gasteiger charge is -2.42. The predicted molar refractivity (Wildman–Crippen MR) is 130 cm³/mol. The van der Waals surface area contributed by atoms with Crippen molar-refractivity contribution in [2.75, 3.05) is 32.7 Å². The van der Waals surface area contributed by atoms with Crippen LogP contribution in [0.5, 0.6) is 0 Å². The SMILES string of the molecule is CC(C(=O)N1CCN(C(=O)CC(C)(C)C)CC1)N1CCc2sccc2C1c1ccccc1. The number of benzene rings is 1. The van der Waals surface area contributed by atoms with Crippen molar-refractivity contribution in [2.45, 2.75) is 52.6 Å². The number of carbonyl (C=O) groups excluding carboxylic acids is 2. The first-order chi connectivity index (χ1) is 15.2. The molecule has 1 aromatic heterocycles. The molecule has 2 unspecified atom stereocenters. The quantitative estimate of drug-likeness (QED) is 0.697. The van der Waals surface area contributed by atoms with Gasteiger partial charge in [-0.2, -0.15) is 0 Å². The molecule has 172 valence electrons. The van der Waals surface area contributed by atoms with E-state index in [0.717, 1.165) is 13.0 Å². The van der Waals surface area contributed by atoms with Crippen molar-refractivity contribution in [1.29, 1.82) is 0 Å². The Labute approximate surface area is 196 Å². The third-order valence-corrected chi connectivity index (χ3v) is 7.60. The summed E-state index contributed by atoms with van der Waals surface area (Å²) < 4.78 is 0. The summed E-state index contributed by atoms with van der Waals surface area (Å²) in [6, 6.07) is 12.7. The number of nitrogens with zero attached hydrogens (tertiary/aromatic N) is 3. The maximum atomic E-state index is 13.5. The molecule has 0 saturated carbocycles. The summed E-state index contributed by atoms with van der Waals surface area (Å²) in [4.78, 5) is 33.8. The van der Waals surface area contributed by atoms with Gasteiger partial charge in [-0.1, -0.05) is 51.1 Å². The van der Waals surface area contributed by atoms with Crippen molar-refractivity contribution in [3.63, 3.8) is 0 Å². The molecule has 1 aromatic carbocycles. The van der Waals surface area contributed by atoms with E-state index in [4.69, 9.17) is 0 Å². The highest BCUT2D eigenvalue weighted by molar-refractivity contribution is 7.10. The molecule has 2 aliphatic rings. The molecule has 0 bridgehead atoms. The van der Waals surface area contributed by atoms with Crippen molar-refractivity contribution >= 4 is 23.2 Å². The number of fused-ring (bicyclic) bond motifs is 1. The highest BCUT2D eigenvalue weighted by Gasteiger charge is 2.37. The third-order valence-electron chi connectivity index (χ3n) is 6.60. The predicted octanol–water partition coefficient (Wildman–Crippen LogP) is 4.19. The summed E-state index contributed by atoms with van der Waals surface area (Å²) in [5.74, 6) is 0.371. The Kier molecular flexibility index (Phi) is 6.72. The zero-order valence-electron chi connectivity index (χ0n) is 19.7. The average molecular weight is 454 g/mol. The van der Waals surface area contributed by atoms with E-state index in [1.54, 1.807) is 0 Å². The lowest BCUT2D eigenvalue weighted by molar-refractivity contribution is -0.144. The second kappa shape index (κ2) is 9.36. The van der Waals surface area contributed by atoms with Gasteiger partial charge in [-0.15, -0.1) is 11.3 Å². The van der Waals surface area contributed by atoms with Gasteiger partial charge in [0.15, 0.2) is 0 Å². The molecule has 1 fully saturated rings. The topological polar surface area (TPSA) is 43.9 Å². The minimum atomic E-state index is -0.204. The van der Waals surface area contributed by atoms with E-state index < -0.39 is 0 Å². The van der Waals surface area contributed by atoms with Gasteiger partial charge in [0.2, 0.25) is 11.8 Å². The molecule has 0 aliphatic carbocycles. The van der Waals surface area contributed by atoms with Crippen LogP contribution < -0.4 is 0 Å². The molecule has 2 atom stereocenters. The van der Waals surface area contributed by atoms with Crippen LogP contribution in [0.15, 0.2) is 41.8 Å². The maximum Gasteiger partial charge on any atom is 0.239 e. The maximum absolute atomic E-state index is 13.5. The Balaban J connectivity index is 1.45. The van der Waals surface area contributed by atoms with E-state index in [9.17, 15) is 9.59 Å². The Bertz CT molecular complexity index is 941. The Morgan fingerprint density at radius 3 is 2.31 bits per heavy atom. The first kappa shape index (κ1) is 23.0. The van der Waals surface area contributed by atoms with Crippen molar-refractivity contribution in [3.8, 4) is 0 Å².